The molecule has 0 saturated heterocycles. The molecule has 3 amide bonds. The fourth-order valence-corrected chi connectivity index (χ4v) is 10.4. The number of imide groups is 1. The summed E-state index contributed by atoms with van der Waals surface area (Å²) in [6.07, 6.45) is 13.7. The van der Waals surface area contributed by atoms with Crippen LogP contribution in [0.25, 0.3) is 0 Å². The van der Waals surface area contributed by atoms with E-state index < -0.39 is 62.8 Å². The maximum Gasteiger partial charge on any atom is 0.294 e. The van der Waals surface area contributed by atoms with E-state index in [2.05, 4.69) is 5.32 Å². The molecule has 0 unspecified atom stereocenters. The second-order valence-corrected chi connectivity index (χ2v) is 24.4. The van der Waals surface area contributed by atoms with Crippen LogP contribution < -0.4 is 10.2 Å². The van der Waals surface area contributed by atoms with E-state index in [-0.39, 0.29) is 60.0 Å². The first-order valence-corrected chi connectivity index (χ1v) is 29.5. The van der Waals surface area contributed by atoms with E-state index in [4.69, 9.17) is 14.2 Å². The molecule has 0 fully saturated rings. The Kier molecular flexibility index (Phi) is 20.2. The number of fused-ring (bicyclic) bond motifs is 2. The molecule has 3 heterocycles. The van der Waals surface area contributed by atoms with Crippen LogP contribution in [0.1, 0.15) is 64.5 Å². The van der Waals surface area contributed by atoms with Crippen molar-refractivity contribution in [3.05, 3.63) is 107 Å². The predicted octanol–water partition coefficient (Wildman–Crippen LogP) is 3.70. The van der Waals surface area contributed by atoms with Gasteiger partial charge in [0.15, 0.2) is 12.3 Å². The number of nitrogens with one attached hydrogen (secondary N) is 1. The number of allylic oxidation sites excluding steroid dienone is 8. The number of anilines is 1. The number of ether oxygens (including phenoxy) is 3. The molecule has 406 valence electrons. The maximum absolute atomic E-state index is 13.1. The van der Waals surface area contributed by atoms with Crippen LogP contribution in [0.3, 0.4) is 0 Å². The van der Waals surface area contributed by atoms with Crippen LogP contribution in [0.4, 0.5) is 11.4 Å². The average Bonchev–Trinajstić information content (AvgIpc) is 3.82. The molecule has 22 nitrogen and oxygen atoms in total. The summed E-state index contributed by atoms with van der Waals surface area (Å²) in [6.45, 7) is 9.21. The standard InChI is InChI=1S/C48H62N4O18S4/c1-47(2)38-33-36(73(62,63)64)14-16-40(38)50(23-31-71(56,57)58)42(47)11-5-9-35(10-6-12-43-48(3,4)39-34-37(74(65,66)67)15-17-41(39)51(43)24-32-72(59,60)61)13-18-44(53)49-21-7-25-68-27-29-70-30-28-69-26-8-22-52-45(54)19-20-46(52)55/h5-6,9-12,14-17,19-20,33-34H,7-8,13,18,21-32H2,1-4H3,(H4-,49,53,56,57,58,59,60,61,62,63,64,65,66,67)/p+1. The van der Waals surface area contributed by atoms with E-state index in [0.29, 0.717) is 98.5 Å². The lowest BCUT2D eigenvalue weighted by Crippen LogP contribution is -2.31. The first-order valence-electron chi connectivity index (χ1n) is 23.4. The summed E-state index contributed by atoms with van der Waals surface area (Å²) < 4.78 is 153. The van der Waals surface area contributed by atoms with Gasteiger partial charge in [-0.15, -0.1) is 0 Å². The molecule has 74 heavy (non-hydrogen) atoms. The third kappa shape index (κ3) is 16.6. The SMILES string of the molecule is CC1(C)C(/C=C/C=C(/C=C/C=C2/N(CCS(=O)(=O)O)c3ccc(S(=O)(=O)O)cc3C2(C)C)CCC(=O)NCCCOCCOCCOCCCN2C(=O)C=CC2=O)=[N+](CCS(=O)(=O)O)c2ccc(S(=O)(=O)O)cc21. The van der Waals surface area contributed by atoms with Gasteiger partial charge >= 0.3 is 0 Å². The summed E-state index contributed by atoms with van der Waals surface area (Å²) in [7, 11) is -18.1. The van der Waals surface area contributed by atoms with Crippen LogP contribution in [0.15, 0.2) is 106 Å². The zero-order chi connectivity index (χ0) is 54.7. The topological polar surface area (TPSA) is 318 Å². The molecule has 2 aromatic carbocycles. The van der Waals surface area contributed by atoms with Crippen LogP contribution in [-0.2, 0) is 79.9 Å². The van der Waals surface area contributed by atoms with E-state index in [1.54, 1.807) is 73.6 Å². The van der Waals surface area contributed by atoms with Gasteiger partial charge in [-0.25, -0.2) is 0 Å². The molecule has 0 aliphatic carbocycles. The van der Waals surface area contributed by atoms with Crippen molar-refractivity contribution >= 4 is 75.3 Å². The lowest BCUT2D eigenvalue weighted by atomic mass is 9.81. The Morgan fingerprint density at radius 1 is 0.676 bits per heavy atom. The van der Waals surface area contributed by atoms with Gasteiger partial charge in [0, 0.05) is 85.9 Å². The monoisotopic (exact) mass is 1110 g/mol. The number of benzene rings is 2. The van der Waals surface area contributed by atoms with Crippen molar-refractivity contribution in [1.82, 2.24) is 10.2 Å². The quantitative estimate of drug-likeness (QED) is 0.0255. The van der Waals surface area contributed by atoms with E-state index in [9.17, 15) is 66.3 Å². The lowest BCUT2D eigenvalue weighted by molar-refractivity contribution is -0.432. The van der Waals surface area contributed by atoms with E-state index >= 15 is 0 Å². The molecule has 0 saturated carbocycles. The Hall–Kier alpha value is -5.26. The fourth-order valence-electron chi connectivity index (χ4n) is 8.54. The summed E-state index contributed by atoms with van der Waals surface area (Å²) in [5.41, 5.74) is 1.48. The number of carbonyl (C=O) groups excluding carboxylic acids is 3. The van der Waals surface area contributed by atoms with Gasteiger partial charge in [0.1, 0.15) is 5.75 Å². The Labute approximate surface area is 432 Å². The van der Waals surface area contributed by atoms with E-state index in [1.807, 2.05) is 0 Å². The largest absolute Gasteiger partial charge is 0.379 e. The van der Waals surface area contributed by atoms with Gasteiger partial charge in [-0.2, -0.15) is 38.2 Å². The van der Waals surface area contributed by atoms with Crippen molar-refractivity contribution in [3.63, 3.8) is 0 Å². The highest BCUT2D eigenvalue weighted by Crippen LogP contribution is 2.48. The van der Waals surface area contributed by atoms with Gasteiger partial charge in [0.2, 0.25) is 11.6 Å². The van der Waals surface area contributed by atoms with Crippen LogP contribution in [0, 0.1) is 0 Å². The molecule has 0 aromatic heterocycles. The van der Waals surface area contributed by atoms with Gasteiger partial charge in [0.05, 0.1) is 47.4 Å². The summed E-state index contributed by atoms with van der Waals surface area (Å²) in [5.74, 6) is -2.28. The first kappa shape index (κ1) is 59.6. The molecule has 3 aliphatic heterocycles. The van der Waals surface area contributed by atoms with E-state index in [1.165, 1.54) is 48.6 Å². The first-order chi connectivity index (χ1) is 34.5. The van der Waals surface area contributed by atoms with Gasteiger partial charge in [-0.05, 0) is 80.7 Å². The summed E-state index contributed by atoms with van der Waals surface area (Å²) in [4.78, 5) is 38.4. The second-order valence-electron chi connectivity index (χ2n) is 18.4. The van der Waals surface area contributed by atoms with E-state index in [0.717, 1.165) is 4.90 Å². The lowest BCUT2D eigenvalue weighted by Gasteiger charge is -2.26. The average molecular weight is 1110 g/mol. The molecule has 26 heteroatoms. The zero-order valence-corrected chi connectivity index (χ0v) is 44.6. The third-order valence-electron chi connectivity index (χ3n) is 12.3. The third-order valence-corrected chi connectivity index (χ3v) is 15.4. The van der Waals surface area contributed by atoms with Gasteiger partial charge in [-0.3, -0.25) is 37.5 Å². The molecule has 0 bridgehead atoms. The van der Waals surface area contributed by atoms with Crippen LogP contribution >= 0.6 is 0 Å². The van der Waals surface area contributed by atoms with Gasteiger partial charge < -0.3 is 24.4 Å². The Morgan fingerprint density at radius 3 is 1.84 bits per heavy atom. The Balaban J connectivity index is 1.28. The summed E-state index contributed by atoms with van der Waals surface area (Å²) >= 11 is 0. The highest BCUT2D eigenvalue weighted by molar-refractivity contribution is 7.86. The van der Waals surface area contributed by atoms with Crippen molar-refractivity contribution in [1.29, 1.82) is 0 Å². The Morgan fingerprint density at radius 2 is 1.24 bits per heavy atom. The number of hydrogen-bond donors (Lipinski definition) is 5. The number of hydrogen-bond acceptors (Lipinski definition) is 15. The number of nitrogens with zero attached hydrogens (tertiary/aromatic N) is 3. The minimum Gasteiger partial charge on any atom is -0.379 e. The normalized spacial score (nSPS) is 17.5. The second kappa shape index (κ2) is 25.1. The maximum atomic E-state index is 13.1. The Bertz CT molecular complexity index is 3080. The molecule has 3 aliphatic rings. The van der Waals surface area contributed by atoms with Crippen LogP contribution in [0.5, 0.6) is 0 Å². The number of amides is 3. The molecule has 2 aromatic rings. The highest BCUT2D eigenvalue weighted by Gasteiger charge is 2.45. The summed E-state index contributed by atoms with van der Waals surface area (Å²) in [6, 6.07) is 7.82. The van der Waals surface area contributed by atoms with Crippen molar-refractivity contribution in [2.75, 3.05) is 82.2 Å². The van der Waals surface area contributed by atoms with Crippen molar-refractivity contribution in [3.8, 4) is 0 Å². The molecule has 5 rings (SSSR count). The fraction of sp³-hybridized carbons (Fsp3) is 0.458. The zero-order valence-electron chi connectivity index (χ0n) is 41.4. The molecule has 5 N–H and O–H groups in total. The smallest absolute Gasteiger partial charge is 0.294 e. The molecule has 0 atom stereocenters. The highest BCUT2D eigenvalue weighted by atomic mass is 32.2. The van der Waals surface area contributed by atoms with Crippen molar-refractivity contribution < 1.29 is 85.1 Å². The van der Waals surface area contributed by atoms with Gasteiger partial charge in [-0.1, -0.05) is 38.2 Å². The van der Waals surface area contributed by atoms with Crippen LogP contribution in [-0.4, -0.2) is 162 Å². The minimum absolute atomic E-state index is 0.0191. The van der Waals surface area contributed by atoms with Crippen molar-refractivity contribution in [2.45, 2.75) is 74.0 Å². The molecule has 0 radical (unpaired) electrons. The van der Waals surface area contributed by atoms with Crippen molar-refractivity contribution in [2.24, 2.45) is 0 Å². The van der Waals surface area contributed by atoms with Crippen LogP contribution in [0.2, 0.25) is 0 Å². The van der Waals surface area contributed by atoms with Gasteiger partial charge in [0.25, 0.3) is 52.3 Å². The molecule has 0 spiro atoms. The number of carbonyl (C=O) groups is 3. The molecular formula is C48H63N4O18S4+. The minimum atomic E-state index is -4.61. The summed E-state index contributed by atoms with van der Waals surface area (Å²) in [5, 5.41) is 2.86. The predicted molar refractivity (Wildman–Crippen MR) is 273 cm³/mol. The number of rotatable bonds is 29. The molecular weight excluding hydrogens is 1050 g/mol.